The molecule has 1 aliphatic rings. The molecule has 4 heteroatoms. The molecule has 18 heavy (non-hydrogen) atoms. The predicted molar refractivity (Wildman–Crippen MR) is 63.2 cm³/mol. The molecule has 0 amide bonds. The maximum Gasteiger partial charge on any atom is 0.177 e. The van der Waals surface area contributed by atoms with Crippen LogP contribution in [0, 0.1) is 5.82 Å². The van der Waals surface area contributed by atoms with Crippen LogP contribution in [0.3, 0.4) is 0 Å². The first-order chi connectivity index (χ1) is 8.75. The summed E-state index contributed by atoms with van der Waals surface area (Å²) in [5, 5.41) is 0. The van der Waals surface area contributed by atoms with E-state index in [0.717, 1.165) is 5.56 Å². The third-order valence-electron chi connectivity index (χ3n) is 3.02. The minimum atomic E-state index is -0.433. The molecular formula is C14H10FNO2. The van der Waals surface area contributed by atoms with Gasteiger partial charge in [-0.25, -0.2) is 4.39 Å². The van der Waals surface area contributed by atoms with Crippen LogP contribution in [-0.2, 0) is 0 Å². The zero-order valence-electron chi connectivity index (χ0n) is 9.47. The van der Waals surface area contributed by atoms with Crippen molar-refractivity contribution in [3.63, 3.8) is 0 Å². The number of Topliss-reactive ketones (excluding diaryl/α,β-unsaturated/α-hetero) is 1. The second-order valence-electron chi connectivity index (χ2n) is 4.15. The van der Waals surface area contributed by atoms with Crippen molar-refractivity contribution in [2.24, 2.45) is 0 Å². The van der Waals surface area contributed by atoms with Gasteiger partial charge in [-0.05, 0) is 29.8 Å². The highest BCUT2D eigenvalue weighted by molar-refractivity contribution is 6.04. The van der Waals surface area contributed by atoms with Crippen molar-refractivity contribution in [2.75, 3.05) is 6.61 Å². The van der Waals surface area contributed by atoms with Gasteiger partial charge in [0.1, 0.15) is 18.2 Å². The van der Waals surface area contributed by atoms with Gasteiger partial charge in [0.05, 0.1) is 11.5 Å². The highest BCUT2D eigenvalue weighted by atomic mass is 19.1. The van der Waals surface area contributed by atoms with Gasteiger partial charge in [-0.1, -0.05) is 6.07 Å². The number of ether oxygens (including phenoxy) is 1. The van der Waals surface area contributed by atoms with Crippen molar-refractivity contribution in [2.45, 2.75) is 5.92 Å². The van der Waals surface area contributed by atoms with Gasteiger partial charge in [0, 0.05) is 12.4 Å². The van der Waals surface area contributed by atoms with Crippen LogP contribution in [0.25, 0.3) is 0 Å². The van der Waals surface area contributed by atoms with Gasteiger partial charge in [-0.15, -0.1) is 0 Å². The summed E-state index contributed by atoms with van der Waals surface area (Å²) in [6.07, 6.45) is 3.28. The average molecular weight is 243 g/mol. The smallest absolute Gasteiger partial charge is 0.177 e. The largest absolute Gasteiger partial charge is 0.492 e. The Hall–Kier alpha value is -2.23. The molecule has 3 rings (SSSR count). The summed E-state index contributed by atoms with van der Waals surface area (Å²) in [4.78, 5) is 16.3. The molecule has 3 nitrogen and oxygen atoms in total. The first-order valence-corrected chi connectivity index (χ1v) is 5.62. The summed E-state index contributed by atoms with van der Waals surface area (Å²) in [7, 11) is 0. The molecule has 0 fully saturated rings. The summed E-state index contributed by atoms with van der Waals surface area (Å²) >= 11 is 0. The van der Waals surface area contributed by atoms with E-state index in [-0.39, 0.29) is 12.4 Å². The van der Waals surface area contributed by atoms with E-state index in [1.54, 1.807) is 18.5 Å². The molecule has 0 aliphatic carbocycles. The van der Waals surface area contributed by atoms with Crippen LogP contribution >= 0.6 is 0 Å². The van der Waals surface area contributed by atoms with E-state index in [0.29, 0.717) is 11.3 Å². The fourth-order valence-electron chi connectivity index (χ4n) is 2.09. The Morgan fingerprint density at radius 2 is 2.22 bits per heavy atom. The number of fused-ring (bicyclic) bond motifs is 1. The first kappa shape index (κ1) is 10.9. The molecule has 90 valence electrons. The number of nitrogens with zero attached hydrogens (tertiary/aromatic N) is 1. The van der Waals surface area contributed by atoms with E-state index in [4.69, 9.17) is 4.74 Å². The van der Waals surface area contributed by atoms with Gasteiger partial charge in [-0.3, -0.25) is 9.78 Å². The fraction of sp³-hybridized carbons (Fsp3) is 0.143. The number of halogens is 1. The lowest BCUT2D eigenvalue weighted by atomic mass is 9.90. The Bertz CT molecular complexity index is 598. The van der Waals surface area contributed by atoms with Gasteiger partial charge < -0.3 is 4.74 Å². The molecule has 0 N–H and O–H groups in total. The highest BCUT2D eigenvalue weighted by Crippen LogP contribution is 2.32. The van der Waals surface area contributed by atoms with Crippen molar-refractivity contribution in [1.82, 2.24) is 4.98 Å². The quantitative estimate of drug-likeness (QED) is 0.772. The van der Waals surface area contributed by atoms with Crippen LogP contribution in [0.15, 0.2) is 42.7 Å². The number of carbonyl (C=O) groups is 1. The first-order valence-electron chi connectivity index (χ1n) is 5.62. The minimum absolute atomic E-state index is 0.122. The normalized spacial score (nSPS) is 18.1. The van der Waals surface area contributed by atoms with Gasteiger partial charge in [0.2, 0.25) is 0 Å². The Labute approximate surface area is 103 Å². The van der Waals surface area contributed by atoms with E-state index >= 15 is 0 Å². The molecule has 0 radical (unpaired) electrons. The van der Waals surface area contributed by atoms with Gasteiger partial charge >= 0.3 is 0 Å². The second-order valence-corrected chi connectivity index (χ2v) is 4.15. The number of hydrogen-bond donors (Lipinski definition) is 0. The average Bonchev–Trinajstić information content (AvgIpc) is 2.41. The van der Waals surface area contributed by atoms with E-state index in [9.17, 15) is 9.18 Å². The standard InChI is InChI=1S/C14H10FNO2/c15-10-3-4-13-11(6-10)14(17)12(8-18-13)9-2-1-5-16-7-9/h1-7,12H,8H2/t12-/m0/s1. The Balaban J connectivity index is 2.02. The van der Waals surface area contributed by atoms with Crippen LogP contribution in [0.5, 0.6) is 5.75 Å². The van der Waals surface area contributed by atoms with Crippen LogP contribution in [0.2, 0.25) is 0 Å². The number of carbonyl (C=O) groups excluding carboxylic acids is 1. The molecule has 0 bridgehead atoms. The minimum Gasteiger partial charge on any atom is -0.492 e. The maximum absolute atomic E-state index is 13.2. The van der Waals surface area contributed by atoms with Crippen LogP contribution < -0.4 is 4.74 Å². The Morgan fingerprint density at radius 1 is 1.33 bits per heavy atom. The van der Waals surface area contributed by atoms with Gasteiger partial charge in [-0.2, -0.15) is 0 Å². The third-order valence-corrected chi connectivity index (χ3v) is 3.02. The molecule has 0 saturated carbocycles. The highest BCUT2D eigenvalue weighted by Gasteiger charge is 2.30. The number of ketones is 1. The number of hydrogen-bond acceptors (Lipinski definition) is 3. The van der Waals surface area contributed by atoms with Crippen molar-refractivity contribution >= 4 is 5.78 Å². The molecule has 1 atom stereocenters. The van der Waals surface area contributed by atoms with Crippen molar-refractivity contribution < 1.29 is 13.9 Å². The molecular weight excluding hydrogens is 233 g/mol. The summed E-state index contributed by atoms with van der Waals surface area (Å²) in [6.45, 7) is 0.267. The summed E-state index contributed by atoms with van der Waals surface area (Å²) in [6, 6.07) is 7.59. The lowest BCUT2D eigenvalue weighted by Crippen LogP contribution is -2.26. The maximum atomic E-state index is 13.2. The molecule has 0 spiro atoms. The van der Waals surface area contributed by atoms with Crippen LogP contribution in [-0.4, -0.2) is 17.4 Å². The van der Waals surface area contributed by atoms with E-state index in [1.165, 1.54) is 18.2 Å². The van der Waals surface area contributed by atoms with E-state index in [1.807, 2.05) is 6.07 Å². The summed E-state index contributed by atoms with van der Waals surface area (Å²) < 4.78 is 18.7. The van der Waals surface area contributed by atoms with Gasteiger partial charge in [0.15, 0.2) is 5.78 Å². The lowest BCUT2D eigenvalue weighted by molar-refractivity contribution is 0.0895. The Morgan fingerprint density at radius 3 is 3.00 bits per heavy atom. The molecule has 1 aromatic heterocycles. The van der Waals surface area contributed by atoms with E-state index < -0.39 is 11.7 Å². The predicted octanol–water partition coefficient (Wildman–Crippen LogP) is 2.58. The zero-order chi connectivity index (χ0) is 12.5. The lowest BCUT2D eigenvalue weighted by Gasteiger charge is -2.24. The van der Waals surface area contributed by atoms with Crippen LogP contribution in [0.1, 0.15) is 21.8 Å². The zero-order valence-corrected chi connectivity index (χ0v) is 9.47. The number of rotatable bonds is 1. The Kier molecular flexibility index (Phi) is 2.55. The number of benzene rings is 1. The second kappa shape index (κ2) is 4.22. The van der Waals surface area contributed by atoms with Crippen molar-refractivity contribution in [3.8, 4) is 5.75 Å². The molecule has 0 unspecified atom stereocenters. The molecule has 2 aromatic rings. The number of aromatic nitrogens is 1. The fourth-order valence-corrected chi connectivity index (χ4v) is 2.09. The van der Waals surface area contributed by atoms with Crippen LogP contribution in [0.4, 0.5) is 4.39 Å². The number of pyridine rings is 1. The third kappa shape index (κ3) is 1.76. The van der Waals surface area contributed by atoms with E-state index in [2.05, 4.69) is 4.98 Å². The van der Waals surface area contributed by atoms with Crippen molar-refractivity contribution in [1.29, 1.82) is 0 Å². The van der Waals surface area contributed by atoms with Gasteiger partial charge in [0.25, 0.3) is 0 Å². The summed E-state index contributed by atoms with van der Waals surface area (Å²) in [5.74, 6) is -0.518. The molecule has 1 aliphatic heterocycles. The summed E-state index contributed by atoms with van der Waals surface area (Å²) in [5.41, 5.74) is 1.09. The molecule has 2 heterocycles. The monoisotopic (exact) mass is 243 g/mol. The molecule has 1 aromatic carbocycles. The van der Waals surface area contributed by atoms with Crippen molar-refractivity contribution in [3.05, 3.63) is 59.7 Å². The topological polar surface area (TPSA) is 39.2 Å². The molecule has 0 saturated heterocycles. The SMILES string of the molecule is O=C1c2cc(F)ccc2OC[C@H]1c1cccnc1.